The lowest BCUT2D eigenvalue weighted by Gasteiger charge is -2.25. The van der Waals surface area contributed by atoms with Crippen molar-refractivity contribution in [2.45, 2.75) is 19.4 Å². The minimum atomic E-state index is -3.66. The highest BCUT2D eigenvalue weighted by atomic mass is 32.2. The lowest BCUT2D eigenvalue weighted by Crippen LogP contribution is -2.41. The van der Waals surface area contributed by atoms with Gasteiger partial charge >= 0.3 is 0 Å². The molecule has 0 unspecified atom stereocenters. The lowest BCUT2D eigenvalue weighted by molar-refractivity contribution is -0.120. The van der Waals surface area contributed by atoms with Crippen molar-refractivity contribution in [2.75, 3.05) is 24.2 Å². The van der Waals surface area contributed by atoms with Crippen molar-refractivity contribution >= 4 is 32.4 Å². The average Bonchev–Trinajstić information content (AvgIpc) is 2.75. The van der Waals surface area contributed by atoms with Crippen molar-refractivity contribution in [3.8, 4) is 5.75 Å². The van der Waals surface area contributed by atoms with E-state index >= 15 is 0 Å². The van der Waals surface area contributed by atoms with Gasteiger partial charge in [0.1, 0.15) is 12.3 Å². The molecule has 0 heterocycles. The number of hydrogen-bond acceptors (Lipinski definition) is 4. The Labute approximate surface area is 177 Å². The van der Waals surface area contributed by atoms with E-state index in [0.29, 0.717) is 12.1 Å². The summed E-state index contributed by atoms with van der Waals surface area (Å²) < 4.78 is 31.4. The van der Waals surface area contributed by atoms with E-state index in [-0.39, 0.29) is 18.5 Å². The van der Waals surface area contributed by atoms with E-state index in [0.717, 1.165) is 32.6 Å². The molecule has 0 aromatic heterocycles. The molecule has 3 aromatic carbocycles. The maximum Gasteiger partial charge on any atom is 0.241 e. The fourth-order valence-corrected chi connectivity index (χ4v) is 4.30. The van der Waals surface area contributed by atoms with Crippen LogP contribution in [0.3, 0.4) is 0 Å². The Kier molecular flexibility index (Phi) is 6.62. The van der Waals surface area contributed by atoms with E-state index in [9.17, 15) is 13.2 Å². The maximum absolute atomic E-state index is 12.8. The van der Waals surface area contributed by atoms with E-state index < -0.39 is 10.0 Å². The summed E-state index contributed by atoms with van der Waals surface area (Å²) >= 11 is 0. The van der Waals surface area contributed by atoms with Crippen molar-refractivity contribution < 1.29 is 17.9 Å². The number of benzene rings is 3. The van der Waals surface area contributed by atoms with Crippen molar-refractivity contribution in [3.63, 3.8) is 0 Å². The van der Waals surface area contributed by atoms with Gasteiger partial charge in [0.2, 0.25) is 15.9 Å². The first-order chi connectivity index (χ1) is 14.3. The smallest absolute Gasteiger partial charge is 0.241 e. The minimum Gasteiger partial charge on any atom is -0.497 e. The topological polar surface area (TPSA) is 75.7 Å². The van der Waals surface area contributed by atoms with Crippen LogP contribution in [-0.2, 0) is 14.8 Å². The molecule has 0 fully saturated rings. The number of rotatable bonds is 8. The number of ether oxygens (including phenoxy) is 1. The van der Waals surface area contributed by atoms with Crippen LogP contribution < -0.4 is 14.4 Å². The summed E-state index contributed by atoms with van der Waals surface area (Å²) in [6.45, 7) is 1.67. The van der Waals surface area contributed by atoms with Crippen LogP contribution in [0.2, 0.25) is 0 Å². The molecule has 1 atom stereocenters. The Bertz CT molecular complexity index is 1120. The monoisotopic (exact) mass is 426 g/mol. The Morgan fingerprint density at radius 2 is 1.70 bits per heavy atom. The quantitative estimate of drug-likeness (QED) is 0.593. The zero-order valence-electron chi connectivity index (χ0n) is 17.3. The van der Waals surface area contributed by atoms with Crippen molar-refractivity contribution in [2.24, 2.45) is 0 Å². The van der Waals surface area contributed by atoms with Gasteiger partial charge in [0.15, 0.2) is 0 Å². The van der Waals surface area contributed by atoms with E-state index in [4.69, 9.17) is 4.74 Å². The van der Waals surface area contributed by atoms with Crippen LogP contribution in [0.4, 0.5) is 5.69 Å². The maximum atomic E-state index is 12.8. The summed E-state index contributed by atoms with van der Waals surface area (Å²) in [4.78, 5) is 12.8. The van der Waals surface area contributed by atoms with Gasteiger partial charge < -0.3 is 10.1 Å². The SMILES string of the molecule is CC[C@@H](NC(=O)CN(c1cccc2ccccc12)S(C)(=O)=O)c1ccc(OC)cc1. The normalized spacial score (nSPS) is 12.4. The molecule has 0 saturated carbocycles. The predicted octanol–water partition coefficient (Wildman–Crippen LogP) is 3.88. The molecule has 3 rings (SSSR count). The molecule has 0 aliphatic rings. The lowest BCUT2D eigenvalue weighted by atomic mass is 10.0. The molecule has 0 spiro atoms. The molecular formula is C23H26N2O4S. The summed E-state index contributed by atoms with van der Waals surface area (Å²) in [6, 6.07) is 20.2. The van der Waals surface area contributed by atoms with Crippen molar-refractivity contribution in [3.05, 3.63) is 72.3 Å². The molecule has 0 saturated heterocycles. The number of methoxy groups -OCH3 is 1. The first kappa shape index (κ1) is 21.6. The third-order valence-electron chi connectivity index (χ3n) is 4.98. The zero-order valence-corrected chi connectivity index (χ0v) is 18.1. The van der Waals surface area contributed by atoms with Crippen LogP contribution in [0.1, 0.15) is 24.9 Å². The summed E-state index contributed by atoms with van der Waals surface area (Å²) in [5.41, 5.74) is 1.42. The molecule has 6 nitrogen and oxygen atoms in total. The fraction of sp³-hybridized carbons (Fsp3) is 0.261. The van der Waals surface area contributed by atoms with Crippen molar-refractivity contribution in [1.29, 1.82) is 0 Å². The second kappa shape index (κ2) is 9.17. The molecule has 0 aliphatic carbocycles. The molecule has 1 N–H and O–H groups in total. The molecule has 158 valence electrons. The van der Waals surface area contributed by atoms with Gasteiger partial charge in [0, 0.05) is 5.39 Å². The third-order valence-corrected chi connectivity index (χ3v) is 6.11. The Balaban J connectivity index is 1.85. The molecule has 7 heteroatoms. The van der Waals surface area contributed by atoms with Gasteiger partial charge in [-0.15, -0.1) is 0 Å². The van der Waals surface area contributed by atoms with Gasteiger partial charge in [-0.2, -0.15) is 0 Å². The number of carbonyl (C=O) groups excluding carboxylic acids is 1. The number of nitrogens with zero attached hydrogens (tertiary/aromatic N) is 1. The van der Waals surface area contributed by atoms with Crippen molar-refractivity contribution in [1.82, 2.24) is 5.32 Å². The Morgan fingerprint density at radius 1 is 1.03 bits per heavy atom. The molecule has 0 radical (unpaired) electrons. The number of anilines is 1. The van der Waals surface area contributed by atoms with Gasteiger partial charge in [0.05, 0.1) is 25.1 Å². The molecule has 30 heavy (non-hydrogen) atoms. The highest BCUT2D eigenvalue weighted by Crippen LogP contribution is 2.28. The average molecular weight is 427 g/mol. The van der Waals surface area contributed by atoms with Gasteiger partial charge in [-0.3, -0.25) is 9.10 Å². The number of sulfonamides is 1. The molecule has 0 aliphatic heterocycles. The van der Waals surface area contributed by atoms with Gasteiger partial charge in [-0.1, -0.05) is 55.5 Å². The number of nitrogens with one attached hydrogen (secondary N) is 1. The van der Waals surface area contributed by atoms with Gasteiger partial charge in [-0.25, -0.2) is 8.42 Å². The zero-order chi connectivity index (χ0) is 21.7. The number of fused-ring (bicyclic) bond motifs is 1. The van der Waals surface area contributed by atoms with Crippen LogP contribution in [0.5, 0.6) is 5.75 Å². The summed E-state index contributed by atoms with van der Waals surface area (Å²) in [6.07, 6.45) is 1.79. The highest BCUT2D eigenvalue weighted by Gasteiger charge is 2.24. The Hall–Kier alpha value is -3.06. The summed E-state index contributed by atoms with van der Waals surface area (Å²) in [7, 11) is -2.07. The van der Waals surface area contributed by atoms with Crippen LogP contribution in [0.25, 0.3) is 10.8 Å². The van der Waals surface area contributed by atoms with Gasteiger partial charge in [-0.05, 0) is 35.6 Å². The molecule has 1 amide bonds. The standard InChI is InChI=1S/C23H26N2O4S/c1-4-21(18-12-14-19(29-2)15-13-18)24-23(26)16-25(30(3,27)28)22-11-7-9-17-8-5-6-10-20(17)22/h5-15,21H,4,16H2,1-3H3,(H,24,26)/t21-/m1/s1. The van der Waals surface area contributed by atoms with Crippen LogP contribution in [-0.4, -0.2) is 34.2 Å². The molecule has 0 bridgehead atoms. The second-order valence-electron chi connectivity index (χ2n) is 7.07. The first-order valence-electron chi connectivity index (χ1n) is 9.72. The largest absolute Gasteiger partial charge is 0.497 e. The summed E-state index contributed by atoms with van der Waals surface area (Å²) in [5, 5.41) is 4.64. The van der Waals surface area contributed by atoms with E-state index in [1.807, 2.05) is 61.5 Å². The fourth-order valence-electron chi connectivity index (χ4n) is 3.43. The van der Waals surface area contributed by atoms with Crippen LogP contribution in [0.15, 0.2) is 66.7 Å². The van der Waals surface area contributed by atoms with E-state index in [2.05, 4.69) is 5.32 Å². The highest BCUT2D eigenvalue weighted by molar-refractivity contribution is 7.92. The number of amides is 1. The number of hydrogen-bond donors (Lipinski definition) is 1. The predicted molar refractivity (Wildman–Crippen MR) is 120 cm³/mol. The summed E-state index contributed by atoms with van der Waals surface area (Å²) in [5.74, 6) is 0.371. The molecular weight excluding hydrogens is 400 g/mol. The van der Waals surface area contributed by atoms with Gasteiger partial charge in [0.25, 0.3) is 0 Å². The van der Waals surface area contributed by atoms with E-state index in [1.165, 1.54) is 0 Å². The van der Waals surface area contributed by atoms with Crippen LogP contribution >= 0.6 is 0 Å². The second-order valence-corrected chi connectivity index (χ2v) is 8.98. The first-order valence-corrected chi connectivity index (χ1v) is 11.6. The Morgan fingerprint density at radius 3 is 2.33 bits per heavy atom. The minimum absolute atomic E-state index is 0.225. The van der Waals surface area contributed by atoms with E-state index in [1.54, 1.807) is 19.2 Å². The molecule has 3 aromatic rings. The number of carbonyl (C=O) groups is 1. The van der Waals surface area contributed by atoms with Crippen LogP contribution in [0, 0.1) is 0 Å². The third kappa shape index (κ3) is 4.91.